The van der Waals surface area contributed by atoms with E-state index in [1.807, 2.05) is 0 Å². The van der Waals surface area contributed by atoms with Crippen LogP contribution < -0.4 is 5.73 Å². The lowest BCUT2D eigenvalue weighted by atomic mass is 9.70. The number of hydrogen-bond acceptors (Lipinski definition) is 2. The Hall–Kier alpha value is -0.0800. The molecule has 3 atom stereocenters. The van der Waals surface area contributed by atoms with Crippen molar-refractivity contribution in [3.05, 3.63) is 0 Å². The predicted octanol–water partition coefficient (Wildman–Crippen LogP) is 2.23. The fourth-order valence-corrected chi connectivity index (χ4v) is 3.72. The van der Waals surface area contributed by atoms with Gasteiger partial charge in [-0.15, -0.1) is 0 Å². The lowest BCUT2D eigenvalue weighted by Gasteiger charge is -2.42. The highest BCUT2D eigenvalue weighted by atomic mass is 15.2. The first-order chi connectivity index (χ1) is 6.96. The van der Waals surface area contributed by atoms with Gasteiger partial charge in [0.05, 0.1) is 0 Å². The van der Waals surface area contributed by atoms with Crippen molar-refractivity contribution in [3.8, 4) is 0 Å². The van der Waals surface area contributed by atoms with Crippen molar-refractivity contribution in [2.24, 2.45) is 17.1 Å². The molecule has 0 bridgehead atoms. The standard InChI is InChI=1S/C13H26N2/c1-10-6-12(8-13(2,3)7-10)15-5-4-11(14)9-15/h10-12H,4-9,14H2,1-3H3/t10-,11+,12-/m1/s1. The van der Waals surface area contributed by atoms with E-state index in [0.717, 1.165) is 18.5 Å². The molecule has 0 aromatic heterocycles. The molecule has 2 N–H and O–H groups in total. The highest BCUT2D eigenvalue weighted by molar-refractivity contribution is 4.91. The number of likely N-dealkylation sites (tertiary alicyclic amines) is 1. The molecule has 2 rings (SSSR count). The van der Waals surface area contributed by atoms with Crippen LogP contribution in [0.25, 0.3) is 0 Å². The number of rotatable bonds is 1. The van der Waals surface area contributed by atoms with Gasteiger partial charge in [0.2, 0.25) is 0 Å². The first-order valence-electron chi connectivity index (χ1n) is 6.46. The number of nitrogens with zero attached hydrogens (tertiary/aromatic N) is 1. The maximum Gasteiger partial charge on any atom is 0.0180 e. The first kappa shape index (κ1) is 11.4. The van der Waals surface area contributed by atoms with E-state index in [2.05, 4.69) is 25.7 Å². The smallest absolute Gasteiger partial charge is 0.0180 e. The second kappa shape index (κ2) is 4.06. The third kappa shape index (κ3) is 2.73. The highest BCUT2D eigenvalue weighted by Crippen LogP contribution is 2.40. The molecule has 0 spiro atoms. The van der Waals surface area contributed by atoms with E-state index in [1.54, 1.807) is 0 Å². The van der Waals surface area contributed by atoms with Crippen LogP contribution in [0.5, 0.6) is 0 Å². The Morgan fingerprint density at radius 2 is 2.00 bits per heavy atom. The summed E-state index contributed by atoms with van der Waals surface area (Å²) in [6.45, 7) is 9.61. The quantitative estimate of drug-likeness (QED) is 0.719. The molecule has 0 radical (unpaired) electrons. The van der Waals surface area contributed by atoms with Gasteiger partial charge in [0.15, 0.2) is 0 Å². The average molecular weight is 210 g/mol. The molecule has 0 amide bonds. The molecule has 15 heavy (non-hydrogen) atoms. The fourth-order valence-electron chi connectivity index (χ4n) is 3.72. The Labute approximate surface area is 94.2 Å². The van der Waals surface area contributed by atoms with Crippen molar-refractivity contribution >= 4 is 0 Å². The summed E-state index contributed by atoms with van der Waals surface area (Å²) in [5, 5.41) is 0. The second-order valence-corrected chi connectivity index (χ2v) is 6.61. The SMILES string of the molecule is C[C@@H]1C[C@@H](N2CC[C@H](N)C2)CC(C)(C)C1. The van der Waals surface area contributed by atoms with Gasteiger partial charge < -0.3 is 5.73 Å². The lowest BCUT2D eigenvalue weighted by Crippen LogP contribution is -2.43. The van der Waals surface area contributed by atoms with Gasteiger partial charge in [-0.1, -0.05) is 20.8 Å². The topological polar surface area (TPSA) is 29.3 Å². The summed E-state index contributed by atoms with van der Waals surface area (Å²) in [5.74, 6) is 0.885. The number of hydrogen-bond donors (Lipinski definition) is 1. The van der Waals surface area contributed by atoms with Crippen molar-refractivity contribution in [2.75, 3.05) is 13.1 Å². The Kier molecular flexibility index (Phi) is 3.09. The van der Waals surface area contributed by atoms with Gasteiger partial charge in [-0.05, 0) is 37.0 Å². The lowest BCUT2D eigenvalue weighted by molar-refractivity contribution is 0.0812. The third-order valence-electron chi connectivity index (χ3n) is 4.14. The number of nitrogens with two attached hydrogens (primary N) is 1. The van der Waals surface area contributed by atoms with Gasteiger partial charge in [-0.3, -0.25) is 4.90 Å². The zero-order valence-electron chi connectivity index (χ0n) is 10.5. The van der Waals surface area contributed by atoms with E-state index >= 15 is 0 Å². The fraction of sp³-hybridized carbons (Fsp3) is 1.00. The van der Waals surface area contributed by atoms with Crippen molar-refractivity contribution in [1.82, 2.24) is 4.90 Å². The van der Waals surface area contributed by atoms with Crippen molar-refractivity contribution in [2.45, 2.75) is 58.5 Å². The van der Waals surface area contributed by atoms with Gasteiger partial charge in [0, 0.05) is 25.2 Å². The van der Waals surface area contributed by atoms with Gasteiger partial charge in [-0.2, -0.15) is 0 Å². The molecule has 1 saturated heterocycles. The Bertz CT molecular complexity index is 225. The maximum absolute atomic E-state index is 5.99. The highest BCUT2D eigenvalue weighted by Gasteiger charge is 2.36. The minimum atomic E-state index is 0.436. The maximum atomic E-state index is 5.99. The summed E-state index contributed by atoms with van der Waals surface area (Å²) in [6, 6.07) is 1.24. The van der Waals surface area contributed by atoms with E-state index < -0.39 is 0 Å². The van der Waals surface area contributed by atoms with Gasteiger partial charge in [-0.25, -0.2) is 0 Å². The Morgan fingerprint density at radius 1 is 1.27 bits per heavy atom. The molecule has 1 aliphatic heterocycles. The molecule has 0 unspecified atom stereocenters. The summed E-state index contributed by atoms with van der Waals surface area (Å²) in [7, 11) is 0. The van der Waals surface area contributed by atoms with Crippen LogP contribution in [0.4, 0.5) is 0 Å². The van der Waals surface area contributed by atoms with E-state index in [-0.39, 0.29) is 0 Å². The summed E-state index contributed by atoms with van der Waals surface area (Å²) < 4.78 is 0. The second-order valence-electron chi connectivity index (χ2n) is 6.61. The minimum Gasteiger partial charge on any atom is -0.326 e. The normalized spacial score (nSPS) is 42.0. The largest absolute Gasteiger partial charge is 0.326 e. The molecule has 0 aromatic rings. The molecule has 1 heterocycles. The molecule has 2 aliphatic rings. The van der Waals surface area contributed by atoms with Crippen LogP contribution in [-0.2, 0) is 0 Å². The average Bonchev–Trinajstić information content (AvgIpc) is 2.48. The summed E-state index contributed by atoms with van der Waals surface area (Å²) >= 11 is 0. The van der Waals surface area contributed by atoms with Gasteiger partial charge in [0.25, 0.3) is 0 Å². The molecule has 2 fully saturated rings. The van der Waals surface area contributed by atoms with E-state index in [1.165, 1.54) is 32.2 Å². The van der Waals surface area contributed by atoms with Crippen LogP contribution in [0, 0.1) is 11.3 Å². The first-order valence-corrected chi connectivity index (χ1v) is 6.46. The van der Waals surface area contributed by atoms with Gasteiger partial charge >= 0.3 is 0 Å². The molecule has 2 heteroatoms. The van der Waals surface area contributed by atoms with Crippen molar-refractivity contribution in [1.29, 1.82) is 0 Å². The van der Waals surface area contributed by atoms with Crippen LogP contribution in [0.2, 0.25) is 0 Å². The zero-order chi connectivity index (χ0) is 11.1. The minimum absolute atomic E-state index is 0.436. The third-order valence-corrected chi connectivity index (χ3v) is 4.14. The zero-order valence-corrected chi connectivity index (χ0v) is 10.5. The molecule has 1 saturated carbocycles. The summed E-state index contributed by atoms with van der Waals surface area (Å²) in [5.41, 5.74) is 6.53. The van der Waals surface area contributed by atoms with Crippen LogP contribution in [0.3, 0.4) is 0 Å². The van der Waals surface area contributed by atoms with E-state index in [0.29, 0.717) is 11.5 Å². The predicted molar refractivity (Wildman–Crippen MR) is 64.7 cm³/mol. The van der Waals surface area contributed by atoms with Crippen LogP contribution >= 0.6 is 0 Å². The van der Waals surface area contributed by atoms with E-state index in [4.69, 9.17) is 5.73 Å². The molecule has 88 valence electrons. The monoisotopic (exact) mass is 210 g/mol. The van der Waals surface area contributed by atoms with Crippen LogP contribution in [0.1, 0.15) is 46.5 Å². The molecule has 0 aromatic carbocycles. The Balaban J connectivity index is 1.97. The van der Waals surface area contributed by atoms with Crippen LogP contribution in [-0.4, -0.2) is 30.1 Å². The molecule has 2 nitrogen and oxygen atoms in total. The van der Waals surface area contributed by atoms with Crippen molar-refractivity contribution in [3.63, 3.8) is 0 Å². The summed E-state index contributed by atoms with van der Waals surface area (Å²) in [6.07, 6.45) is 5.34. The molecular formula is C13H26N2. The molecular weight excluding hydrogens is 184 g/mol. The Morgan fingerprint density at radius 3 is 2.53 bits per heavy atom. The summed E-state index contributed by atoms with van der Waals surface area (Å²) in [4.78, 5) is 2.64. The van der Waals surface area contributed by atoms with Crippen LogP contribution in [0.15, 0.2) is 0 Å². The van der Waals surface area contributed by atoms with E-state index in [9.17, 15) is 0 Å². The van der Waals surface area contributed by atoms with Gasteiger partial charge in [0.1, 0.15) is 0 Å². The molecule has 1 aliphatic carbocycles. The van der Waals surface area contributed by atoms with Crippen molar-refractivity contribution < 1.29 is 0 Å².